The predicted molar refractivity (Wildman–Crippen MR) is 90.5 cm³/mol. The van der Waals surface area contributed by atoms with Crippen LogP contribution < -0.4 is 120 Å². The van der Waals surface area contributed by atoms with Gasteiger partial charge in [0.1, 0.15) is 18.3 Å². The number of fused-ring (bicyclic) bond motifs is 1. The van der Waals surface area contributed by atoms with E-state index in [9.17, 15) is 48.3 Å². The van der Waals surface area contributed by atoms with Crippen LogP contribution in [-0.2, 0) is 31.6 Å². The third-order valence-corrected chi connectivity index (χ3v) is 7.52. The molecule has 3 rings (SSSR count). The smallest absolute Gasteiger partial charge is 0.790 e. The number of aromatic amines is 1. The number of aromatic nitrogens is 4. The summed E-state index contributed by atoms with van der Waals surface area (Å²) in [5.74, 6) is -0.299. The normalized spacial score (nSPS) is 25.5. The van der Waals surface area contributed by atoms with Crippen molar-refractivity contribution in [3.05, 3.63) is 16.7 Å². The van der Waals surface area contributed by atoms with E-state index in [4.69, 9.17) is 10.5 Å². The Kier molecular flexibility index (Phi) is 14.2. The molecule has 6 atom stereocenters. The molecule has 25 heteroatoms. The number of hydrogen-bond acceptors (Lipinski definition) is 17. The van der Waals surface area contributed by atoms with Gasteiger partial charge >= 0.3 is 90.1 Å². The first kappa shape index (κ1) is 36.4. The molecule has 3 heterocycles. The summed E-state index contributed by atoms with van der Waals surface area (Å²) in [4.78, 5) is 65.0. The number of imidazole rings is 1. The molecule has 1 fully saturated rings. The molecule has 19 nitrogen and oxygen atoms in total. The maximum absolute atomic E-state index is 11.8. The van der Waals surface area contributed by atoms with E-state index in [2.05, 4.69) is 28.1 Å². The summed E-state index contributed by atoms with van der Waals surface area (Å²) in [6.07, 6.45) is -5.61. The second kappa shape index (κ2) is 13.7. The quantitative estimate of drug-likeness (QED) is 0.164. The minimum Gasteiger partial charge on any atom is -0.790 e. The third-order valence-electron chi connectivity index (χ3n) is 3.86. The number of H-pyrrole nitrogens is 1. The second-order valence-electron chi connectivity index (χ2n) is 6.12. The van der Waals surface area contributed by atoms with Crippen LogP contribution in [0.5, 0.6) is 0 Å². The summed E-state index contributed by atoms with van der Waals surface area (Å²) >= 11 is 0. The molecule has 2 aromatic rings. The van der Waals surface area contributed by atoms with E-state index in [-0.39, 0.29) is 107 Å². The van der Waals surface area contributed by atoms with Gasteiger partial charge < -0.3 is 49.3 Å². The molecular weight excluding hydrogens is 576 g/mol. The molecule has 0 spiro atoms. The molecule has 2 unspecified atom stereocenters. The molecule has 0 radical (unpaired) electrons. The van der Waals surface area contributed by atoms with Crippen LogP contribution in [0.3, 0.4) is 0 Å². The molecule has 0 aromatic carbocycles. The maximum Gasteiger partial charge on any atom is 1.00 e. The van der Waals surface area contributed by atoms with Crippen molar-refractivity contribution in [1.82, 2.24) is 19.5 Å². The van der Waals surface area contributed by atoms with Gasteiger partial charge in [0.15, 0.2) is 17.4 Å². The summed E-state index contributed by atoms with van der Waals surface area (Å²) in [6, 6.07) is 0. The molecule has 0 bridgehead atoms. The minimum absolute atomic E-state index is 0. The molecular formula is C10H13N5Na3O14P3. The standard InChI is InChI=1S/C10H16N5O14P3.3Na/c11-10-13-7-4(8(18)14-10)12-2-15(7)9-6(17)5(16)3(27-9)1-26-31(22,23)29-32(24,25)28-30(19,20)21;;;/h2-3,5-6,9,16-17H,1H2,(H,22,23)(H,24,25)(H2,19,20,21)(H3,11,13,14,18);;;/q;3*+1/p-3/t3-,5-,6-,9-;;;/m1.../s1. The van der Waals surface area contributed by atoms with Gasteiger partial charge in [0.25, 0.3) is 21.2 Å². The summed E-state index contributed by atoms with van der Waals surface area (Å²) in [5, 5.41) is 20.3. The van der Waals surface area contributed by atoms with Gasteiger partial charge in [-0.3, -0.25) is 27.8 Å². The van der Waals surface area contributed by atoms with E-state index in [1.54, 1.807) is 0 Å². The largest absolute Gasteiger partial charge is 1.00 e. The van der Waals surface area contributed by atoms with Crippen molar-refractivity contribution in [2.24, 2.45) is 0 Å². The molecule has 35 heavy (non-hydrogen) atoms. The molecule has 0 saturated carbocycles. The van der Waals surface area contributed by atoms with E-state index in [0.29, 0.717) is 0 Å². The SMILES string of the molecule is Nc1nc2c(ncn2[C@@H]2O[C@H](COP(=O)([O-])OP(=O)([O-])OP(=O)([O-])[O-])[C@@H](O)[C@H]2O)c(=O)[nH]1.[H+].[Na+].[Na+].[Na+]. The fourth-order valence-corrected chi connectivity index (χ4v) is 5.54. The number of hydrogen-bond donors (Lipinski definition) is 4. The van der Waals surface area contributed by atoms with Gasteiger partial charge in [-0.15, -0.1) is 0 Å². The first-order chi connectivity index (χ1) is 14.6. The fourth-order valence-electron chi connectivity index (χ4n) is 2.67. The Hall–Kier alpha value is 1.44. The second-order valence-corrected chi connectivity index (χ2v) is 10.4. The number of rotatable bonds is 8. The number of nitrogens with one attached hydrogen (secondary N) is 1. The van der Waals surface area contributed by atoms with Crippen molar-refractivity contribution in [3.63, 3.8) is 0 Å². The number of nitrogen functional groups attached to an aromatic ring is 1. The number of phosphoric acid groups is 3. The number of nitrogens with two attached hydrogens (primary N) is 1. The van der Waals surface area contributed by atoms with E-state index in [0.717, 1.165) is 10.9 Å². The van der Waals surface area contributed by atoms with Gasteiger partial charge in [0.05, 0.1) is 20.8 Å². The van der Waals surface area contributed by atoms with E-state index in [1.165, 1.54) is 0 Å². The number of nitrogens with zero attached hydrogens (tertiary/aromatic N) is 3. The van der Waals surface area contributed by atoms with Crippen molar-refractivity contribution >= 4 is 40.6 Å². The average molecular weight is 589 g/mol. The zero-order valence-electron chi connectivity index (χ0n) is 19.1. The van der Waals surface area contributed by atoms with Crippen LogP contribution in [0.4, 0.5) is 5.95 Å². The fraction of sp³-hybridized carbons (Fsp3) is 0.500. The first-order valence-corrected chi connectivity index (χ1v) is 12.4. The Labute approximate surface area is 262 Å². The average Bonchev–Trinajstić information content (AvgIpc) is 3.12. The summed E-state index contributed by atoms with van der Waals surface area (Å²) in [7, 11) is -18.2. The van der Waals surface area contributed by atoms with Gasteiger partial charge in [-0.2, -0.15) is 4.98 Å². The summed E-state index contributed by atoms with van der Waals surface area (Å²) in [5.41, 5.74) is 4.40. The van der Waals surface area contributed by atoms with Crippen LogP contribution in [0.2, 0.25) is 0 Å². The van der Waals surface area contributed by atoms with Crippen LogP contribution in [0.1, 0.15) is 7.65 Å². The van der Waals surface area contributed by atoms with Crippen LogP contribution >= 0.6 is 23.5 Å². The van der Waals surface area contributed by atoms with Crippen molar-refractivity contribution in [1.29, 1.82) is 0 Å². The Morgan fingerprint density at radius 1 is 1.11 bits per heavy atom. The Morgan fingerprint density at radius 2 is 1.71 bits per heavy atom. The monoisotopic (exact) mass is 589 g/mol. The third kappa shape index (κ3) is 9.54. The van der Waals surface area contributed by atoms with Crippen molar-refractivity contribution < 1.29 is 151 Å². The molecule has 0 aliphatic carbocycles. The number of aliphatic hydroxyl groups is 2. The predicted octanol–water partition coefficient (Wildman–Crippen LogP) is -13.7. The van der Waals surface area contributed by atoms with Crippen LogP contribution in [0, 0.1) is 0 Å². The van der Waals surface area contributed by atoms with Crippen LogP contribution in [-0.4, -0.2) is 54.7 Å². The van der Waals surface area contributed by atoms with Crippen molar-refractivity contribution in [2.45, 2.75) is 24.5 Å². The summed E-state index contributed by atoms with van der Waals surface area (Å²) in [6.45, 7) is -1.13. The number of aliphatic hydroxyl groups excluding tert-OH is 2. The van der Waals surface area contributed by atoms with Crippen LogP contribution in [0.25, 0.3) is 11.2 Å². The molecule has 180 valence electrons. The van der Waals surface area contributed by atoms with E-state index < -0.39 is 60.2 Å². The number of phosphoric ester groups is 1. The Bertz CT molecular complexity index is 1230. The van der Waals surface area contributed by atoms with Gasteiger partial charge in [0.2, 0.25) is 5.95 Å². The molecule has 5 N–H and O–H groups in total. The van der Waals surface area contributed by atoms with Gasteiger partial charge in [-0.1, -0.05) is 0 Å². The number of anilines is 1. The molecule has 1 aliphatic heterocycles. The van der Waals surface area contributed by atoms with E-state index >= 15 is 0 Å². The van der Waals surface area contributed by atoms with E-state index in [1.807, 2.05) is 0 Å². The zero-order chi connectivity index (χ0) is 24.1. The van der Waals surface area contributed by atoms with Crippen molar-refractivity contribution in [2.75, 3.05) is 12.3 Å². The molecule has 2 aromatic heterocycles. The summed E-state index contributed by atoms with van der Waals surface area (Å²) < 4.78 is 50.0. The van der Waals surface area contributed by atoms with Gasteiger partial charge in [-0.05, 0) is 0 Å². The van der Waals surface area contributed by atoms with Crippen LogP contribution in [0.15, 0.2) is 11.1 Å². The maximum atomic E-state index is 11.8. The molecule has 1 aliphatic rings. The Balaban J connectivity index is 0. The number of ether oxygens (including phenoxy) is 1. The Morgan fingerprint density at radius 3 is 2.29 bits per heavy atom. The molecule has 1 saturated heterocycles. The first-order valence-electron chi connectivity index (χ1n) is 8.04. The topological polar surface area (TPSA) is 310 Å². The van der Waals surface area contributed by atoms with Gasteiger partial charge in [0, 0.05) is 0 Å². The zero-order valence-corrected chi connectivity index (χ0v) is 26.8. The van der Waals surface area contributed by atoms with Gasteiger partial charge in [-0.25, -0.2) is 9.29 Å². The minimum atomic E-state index is -6.17. The van der Waals surface area contributed by atoms with Crippen molar-refractivity contribution in [3.8, 4) is 0 Å². The molecule has 0 amide bonds.